The maximum Gasteiger partial charge on any atom is 0.240 e. The summed E-state index contributed by atoms with van der Waals surface area (Å²) >= 11 is 0. The lowest BCUT2D eigenvalue weighted by atomic mass is 9.81. The van der Waals surface area contributed by atoms with E-state index in [-0.39, 0.29) is 10.6 Å². The van der Waals surface area contributed by atoms with E-state index in [4.69, 9.17) is 10.9 Å². The van der Waals surface area contributed by atoms with Gasteiger partial charge in [0, 0.05) is 6.54 Å². The first-order chi connectivity index (χ1) is 9.88. The molecule has 1 saturated carbocycles. The summed E-state index contributed by atoms with van der Waals surface area (Å²) in [5.74, 6) is 1.62. The van der Waals surface area contributed by atoms with Crippen molar-refractivity contribution in [3.05, 3.63) is 18.2 Å². The molecule has 0 radical (unpaired) electrons. The minimum absolute atomic E-state index is 0.0148. The number of para-hydroxylation sites is 1. The van der Waals surface area contributed by atoms with Gasteiger partial charge in [-0.3, -0.25) is 0 Å². The molecule has 1 aliphatic carbocycles. The molecule has 0 aromatic heterocycles. The van der Waals surface area contributed by atoms with Crippen LogP contribution in [0.1, 0.15) is 39.0 Å². The average molecular weight is 311 g/mol. The normalized spacial score (nSPS) is 23.0. The highest BCUT2D eigenvalue weighted by Gasteiger charge is 2.18. The van der Waals surface area contributed by atoms with Crippen molar-refractivity contribution in [1.29, 1.82) is 0 Å². The Hall–Kier alpha value is -1.27. The van der Waals surface area contributed by atoms with Crippen molar-refractivity contribution in [1.82, 2.24) is 0 Å². The van der Waals surface area contributed by atoms with Crippen LogP contribution in [0.25, 0.3) is 0 Å². The van der Waals surface area contributed by atoms with E-state index in [2.05, 4.69) is 12.2 Å². The lowest BCUT2D eigenvalue weighted by molar-refractivity contribution is 0.282. The highest BCUT2D eigenvalue weighted by Crippen LogP contribution is 2.31. The van der Waals surface area contributed by atoms with Crippen LogP contribution in [0, 0.1) is 11.8 Å². The minimum Gasteiger partial charge on any atom is -0.396 e. The van der Waals surface area contributed by atoms with E-state index >= 15 is 0 Å². The molecule has 0 amide bonds. The second kappa shape index (κ2) is 6.66. The predicted octanol–water partition coefficient (Wildman–Crippen LogP) is 2.54. The Labute approximate surface area is 127 Å². The maximum absolute atomic E-state index is 11.4. The van der Waals surface area contributed by atoms with Gasteiger partial charge in [0.15, 0.2) is 0 Å². The van der Waals surface area contributed by atoms with E-state index in [0.717, 1.165) is 24.8 Å². The molecule has 5 N–H and O–H groups in total. The first-order valence-electron chi connectivity index (χ1n) is 7.53. The van der Waals surface area contributed by atoms with Gasteiger partial charge in [-0.2, -0.15) is 0 Å². The highest BCUT2D eigenvalue weighted by molar-refractivity contribution is 7.89. The molecule has 0 atom stereocenters. The number of nitrogen functional groups attached to an aromatic ring is 1. The van der Waals surface area contributed by atoms with Crippen molar-refractivity contribution in [3.8, 4) is 0 Å². The standard InChI is InChI=1S/C15H25N3O2S/c1-11-5-7-12(8-6-11)9-10-18-13-3-2-4-14(15(13)16)21(17,19)20/h2-4,11-12,18H,5-10,16H2,1H3,(H2,17,19,20). The second-order valence-electron chi connectivity index (χ2n) is 6.10. The molecule has 5 nitrogen and oxygen atoms in total. The van der Waals surface area contributed by atoms with Gasteiger partial charge in [-0.25, -0.2) is 13.6 Å². The van der Waals surface area contributed by atoms with Gasteiger partial charge in [0.2, 0.25) is 10.0 Å². The Morgan fingerprint density at radius 3 is 2.52 bits per heavy atom. The lowest BCUT2D eigenvalue weighted by Gasteiger charge is -2.26. The number of anilines is 2. The number of hydrogen-bond donors (Lipinski definition) is 3. The number of hydrogen-bond acceptors (Lipinski definition) is 4. The van der Waals surface area contributed by atoms with Crippen molar-refractivity contribution < 1.29 is 8.42 Å². The fourth-order valence-electron chi connectivity index (χ4n) is 2.98. The summed E-state index contributed by atoms with van der Waals surface area (Å²) < 4.78 is 22.9. The van der Waals surface area contributed by atoms with Gasteiger partial charge in [-0.15, -0.1) is 0 Å². The van der Waals surface area contributed by atoms with E-state index in [9.17, 15) is 8.42 Å². The minimum atomic E-state index is -3.77. The quantitative estimate of drug-likeness (QED) is 0.728. The monoisotopic (exact) mass is 311 g/mol. The maximum atomic E-state index is 11.4. The van der Waals surface area contributed by atoms with Crippen LogP contribution < -0.4 is 16.2 Å². The molecule has 6 heteroatoms. The van der Waals surface area contributed by atoms with E-state index < -0.39 is 10.0 Å². The van der Waals surface area contributed by atoms with Gasteiger partial charge in [-0.1, -0.05) is 38.7 Å². The zero-order valence-electron chi connectivity index (χ0n) is 12.5. The molecule has 21 heavy (non-hydrogen) atoms. The van der Waals surface area contributed by atoms with E-state index in [1.807, 2.05) is 0 Å². The summed E-state index contributed by atoms with van der Waals surface area (Å²) in [5.41, 5.74) is 6.74. The third-order valence-electron chi connectivity index (χ3n) is 4.38. The van der Waals surface area contributed by atoms with Crippen LogP contribution in [0.5, 0.6) is 0 Å². The Morgan fingerprint density at radius 1 is 1.24 bits per heavy atom. The van der Waals surface area contributed by atoms with Crippen molar-refractivity contribution in [2.75, 3.05) is 17.6 Å². The molecule has 0 bridgehead atoms. The topological polar surface area (TPSA) is 98.2 Å². The number of rotatable bonds is 5. The fourth-order valence-corrected chi connectivity index (χ4v) is 3.66. The molecular formula is C15H25N3O2S. The SMILES string of the molecule is CC1CCC(CCNc2cccc(S(N)(=O)=O)c2N)CC1. The first-order valence-corrected chi connectivity index (χ1v) is 9.07. The predicted molar refractivity (Wildman–Crippen MR) is 86.5 cm³/mol. The van der Waals surface area contributed by atoms with Crippen molar-refractivity contribution in [2.45, 2.75) is 43.9 Å². The highest BCUT2D eigenvalue weighted by atomic mass is 32.2. The number of primary sulfonamides is 1. The van der Waals surface area contributed by atoms with Crippen molar-refractivity contribution >= 4 is 21.4 Å². The van der Waals surface area contributed by atoms with E-state index in [1.165, 1.54) is 31.7 Å². The summed E-state index contributed by atoms with van der Waals surface area (Å²) in [6.07, 6.45) is 6.29. The summed E-state index contributed by atoms with van der Waals surface area (Å²) in [6, 6.07) is 4.87. The molecule has 1 aromatic rings. The second-order valence-corrected chi connectivity index (χ2v) is 7.63. The molecular weight excluding hydrogens is 286 g/mol. The lowest BCUT2D eigenvalue weighted by Crippen LogP contribution is -2.17. The molecule has 1 fully saturated rings. The summed E-state index contributed by atoms with van der Waals surface area (Å²) in [7, 11) is -3.77. The molecule has 0 unspecified atom stereocenters. The van der Waals surface area contributed by atoms with Crippen LogP contribution in [0.4, 0.5) is 11.4 Å². The van der Waals surface area contributed by atoms with Gasteiger partial charge in [0.1, 0.15) is 4.90 Å². The molecule has 118 valence electrons. The molecule has 1 aromatic carbocycles. The van der Waals surface area contributed by atoms with E-state index in [0.29, 0.717) is 5.69 Å². The molecule has 0 heterocycles. The molecule has 0 spiro atoms. The zero-order chi connectivity index (χ0) is 15.5. The fraction of sp³-hybridized carbons (Fsp3) is 0.600. The largest absolute Gasteiger partial charge is 0.396 e. The third kappa shape index (κ3) is 4.35. The first kappa shape index (κ1) is 16.1. The molecule has 0 saturated heterocycles. The molecule has 2 rings (SSSR count). The Bertz CT molecular complexity index is 579. The van der Waals surface area contributed by atoms with Gasteiger partial charge in [0.25, 0.3) is 0 Å². The summed E-state index contributed by atoms with van der Waals surface area (Å²) in [5, 5.41) is 8.39. The zero-order valence-corrected chi connectivity index (χ0v) is 13.3. The number of sulfonamides is 1. The summed E-state index contributed by atoms with van der Waals surface area (Å²) in [6.45, 7) is 3.12. The van der Waals surface area contributed by atoms with E-state index in [1.54, 1.807) is 12.1 Å². The average Bonchev–Trinajstić information content (AvgIpc) is 2.41. The van der Waals surface area contributed by atoms with Crippen molar-refractivity contribution in [3.63, 3.8) is 0 Å². The van der Waals surface area contributed by atoms with Gasteiger partial charge in [0.05, 0.1) is 11.4 Å². The Balaban J connectivity index is 1.92. The van der Waals surface area contributed by atoms with Gasteiger partial charge >= 0.3 is 0 Å². The number of nitrogens with two attached hydrogens (primary N) is 2. The van der Waals surface area contributed by atoms with Crippen molar-refractivity contribution in [2.24, 2.45) is 17.0 Å². The molecule has 1 aliphatic rings. The Kier molecular flexibility index (Phi) is 5.11. The third-order valence-corrected chi connectivity index (χ3v) is 5.35. The van der Waals surface area contributed by atoms with Crippen LogP contribution in [0.3, 0.4) is 0 Å². The Morgan fingerprint density at radius 2 is 1.90 bits per heavy atom. The van der Waals surface area contributed by atoms with Crippen LogP contribution in [-0.4, -0.2) is 15.0 Å². The number of nitrogens with one attached hydrogen (secondary N) is 1. The number of benzene rings is 1. The van der Waals surface area contributed by atoms with Crippen LogP contribution in [0.15, 0.2) is 23.1 Å². The molecule has 0 aliphatic heterocycles. The smallest absolute Gasteiger partial charge is 0.240 e. The van der Waals surface area contributed by atoms with Gasteiger partial charge in [-0.05, 0) is 30.4 Å². The summed E-state index contributed by atoms with van der Waals surface area (Å²) in [4.78, 5) is -0.0148. The van der Waals surface area contributed by atoms with Crippen LogP contribution in [0.2, 0.25) is 0 Å². The van der Waals surface area contributed by atoms with Crippen LogP contribution >= 0.6 is 0 Å². The van der Waals surface area contributed by atoms with Gasteiger partial charge < -0.3 is 11.1 Å². The van der Waals surface area contributed by atoms with Crippen LogP contribution in [-0.2, 0) is 10.0 Å².